The molecule has 2 atom stereocenters. The van der Waals surface area contributed by atoms with Gasteiger partial charge in [0.25, 0.3) is 0 Å². The first kappa shape index (κ1) is 16.6. The molecule has 1 amide bonds. The lowest BCUT2D eigenvalue weighted by atomic mass is 10.2. The number of carbonyl (C=O) groups excluding carboxylic acids is 1. The SMILES string of the molecule is CC1COC(CO)CN1C(=O)CCSc1ccc(Cl)cc1. The highest BCUT2D eigenvalue weighted by Crippen LogP contribution is 2.22. The summed E-state index contributed by atoms with van der Waals surface area (Å²) in [5.41, 5.74) is 0. The van der Waals surface area contributed by atoms with Crippen LogP contribution in [0.25, 0.3) is 0 Å². The molecule has 1 fully saturated rings. The molecule has 1 aromatic carbocycles. The van der Waals surface area contributed by atoms with Crippen LogP contribution in [-0.2, 0) is 9.53 Å². The molecule has 1 aliphatic rings. The number of morpholine rings is 1. The first-order valence-electron chi connectivity index (χ1n) is 7.00. The van der Waals surface area contributed by atoms with Crippen LogP contribution in [0.1, 0.15) is 13.3 Å². The number of ether oxygens (including phenoxy) is 1. The van der Waals surface area contributed by atoms with Gasteiger partial charge in [0, 0.05) is 28.6 Å². The first-order valence-corrected chi connectivity index (χ1v) is 8.37. The number of hydrogen-bond donors (Lipinski definition) is 1. The lowest BCUT2D eigenvalue weighted by Gasteiger charge is -2.37. The molecule has 21 heavy (non-hydrogen) atoms. The summed E-state index contributed by atoms with van der Waals surface area (Å²) < 4.78 is 5.44. The summed E-state index contributed by atoms with van der Waals surface area (Å²) in [6.07, 6.45) is 0.226. The van der Waals surface area contributed by atoms with Crippen LogP contribution in [0.2, 0.25) is 5.02 Å². The predicted octanol–water partition coefficient (Wildman–Crippen LogP) is 2.43. The van der Waals surface area contributed by atoms with E-state index in [4.69, 9.17) is 21.4 Å². The van der Waals surface area contributed by atoms with Gasteiger partial charge in [-0.2, -0.15) is 0 Å². The Morgan fingerprint density at radius 2 is 2.19 bits per heavy atom. The second kappa shape index (κ2) is 8.03. The highest BCUT2D eigenvalue weighted by Gasteiger charge is 2.28. The molecule has 0 aromatic heterocycles. The second-order valence-corrected chi connectivity index (χ2v) is 6.69. The molecule has 1 heterocycles. The van der Waals surface area contributed by atoms with Crippen molar-refractivity contribution in [1.82, 2.24) is 4.90 Å². The van der Waals surface area contributed by atoms with E-state index in [1.165, 1.54) is 0 Å². The lowest BCUT2D eigenvalue weighted by Crippen LogP contribution is -2.52. The summed E-state index contributed by atoms with van der Waals surface area (Å²) in [5, 5.41) is 9.86. The highest BCUT2D eigenvalue weighted by atomic mass is 35.5. The Kier molecular flexibility index (Phi) is 6.36. The number of halogens is 1. The summed E-state index contributed by atoms with van der Waals surface area (Å²) in [5.74, 6) is 0.847. The molecule has 0 aliphatic carbocycles. The van der Waals surface area contributed by atoms with Crippen LogP contribution in [-0.4, -0.2) is 53.6 Å². The number of aliphatic hydroxyl groups excluding tert-OH is 1. The number of rotatable bonds is 5. The van der Waals surface area contributed by atoms with E-state index in [0.717, 1.165) is 10.6 Å². The number of hydrogen-bond acceptors (Lipinski definition) is 4. The van der Waals surface area contributed by atoms with Crippen molar-refractivity contribution in [3.8, 4) is 0 Å². The van der Waals surface area contributed by atoms with Crippen LogP contribution < -0.4 is 0 Å². The summed E-state index contributed by atoms with van der Waals surface area (Å²) in [4.78, 5) is 15.2. The van der Waals surface area contributed by atoms with E-state index >= 15 is 0 Å². The van der Waals surface area contributed by atoms with Crippen LogP contribution >= 0.6 is 23.4 Å². The number of nitrogens with zero attached hydrogens (tertiary/aromatic N) is 1. The number of thioether (sulfide) groups is 1. The molecule has 1 saturated heterocycles. The summed E-state index contributed by atoms with van der Waals surface area (Å²) in [6, 6.07) is 7.68. The molecule has 2 unspecified atom stereocenters. The van der Waals surface area contributed by atoms with Crippen molar-refractivity contribution in [2.75, 3.05) is 25.5 Å². The lowest BCUT2D eigenvalue weighted by molar-refractivity contribution is -0.145. The maximum absolute atomic E-state index is 12.3. The van der Waals surface area contributed by atoms with Gasteiger partial charge in [-0.05, 0) is 31.2 Å². The topological polar surface area (TPSA) is 49.8 Å². The van der Waals surface area contributed by atoms with E-state index in [0.29, 0.717) is 24.6 Å². The van der Waals surface area contributed by atoms with Crippen LogP contribution in [0, 0.1) is 0 Å². The smallest absolute Gasteiger partial charge is 0.223 e. The monoisotopic (exact) mass is 329 g/mol. The van der Waals surface area contributed by atoms with Crippen molar-refractivity contribution < 1.29 is 14.6 Å². The van der Waals surface area contributed by atoms with Crippen molar-refractivity contribution in [3.63, 3.8) is 0 Å². The molecule has 6 heteroatoms. The summed E-state index contributed by atoms with van der Waals surface area (Å²) in [6.45, 7) is 2.89. The van der Waals surface area contributed by atoms with Crippen molar-refractivity contribution in [3.05, 3.63) is 29.3 Å². The Labute approximate surface area is 134 Å². The average Bonchev–Trinajstić information content (AvgIpc) is 2.49. The van der Waals surface area contributed by atoms with Gasteiger partial charge in [0.2, 0.25) is 5.91 Å². The van der Waals surface area contributed by atoms with E-state index in [9.17, 15) is 4.79 Å². The Morgan fingerprint density at radius 1 is 1.48 bits per heavy atom. The number of carbonyl (C=O) groups is 1. The quantitative estimate of drug-likeness (QED) is 0.843. The second-order valence-electron chi connectivity index (χ2n) is 5.09. The third-order valence-corrected chi connectivity index (χ3v) is 4.69. The zero-order chi connectivity index (χ0) is 15.2. The van der Waals surface area contributed by atoms with E-state index in [1.807, 2.05) is 36.1 Å². The zero-order valence-electron chi connectivity index (χ0n) is 12.0. The zero-order valence-corrected chi connectivity index (χ0v) is 13.6. The number of amides is 1. The van der Waals surface area contributed by atoms with Crippen LogP contribution in [0.15, 0.2) is 29.2 Å². The fourth-order valence-electron chi connectivity index (χ4n) is 2.21. The Hall–Kier alpha value is -0.750. The maximum atomic E-state index is 12.3. The van der Waals surface area contributed by atoms with Crippen molar-refractivity contribution in [2.24, 2.45) is 0 Å². The van der Waals surface area contributed by atoms with E-state index in [-0.39, 0.29) is 24.7 Å². The molecule has 1 N–H and O–H groups in total. The molecule has 0 saturated carbocycles. The molecule has 1 aromatic rings. The average molecular weight is 330 g/mol. The third kappa shape index (κ3) is 4.88. The number of benzene rings is 1. The molecule has 2 rings (SSSR count). The van der Waals surface area contributed by atoms with Gasteiger partial charge in [-0.15, -0.1) is 11.8 Å². The molecule has 0 spiro atoms. The van der Waals surface area contributed by atoms with Gasteiger partial charge in [-0.1, -0.05) is 11.6 Å². The molecule has 0 radical (unpaired) electrons. The fourth-order valence-corrected chi connectivity index (χ4v) is 3.17. The van der Waals surface area contributed by atoms with Gasteiger partial charge < -0.3 is 14.7 Å². The highest BCUT2D eigenvalue weighted by molar-refractivity contribution is 7.99. The minimum Gasteiger partial charge on any atom is -0.394 e. The van der Waals surface area contributed by atoms with Gasteiger partial charge >= 0.3 is 0 Å². The van der Waals surface area contributed by atoms with Crippen molar-refractivity contribution in [1.29, 1.82) is 0 Å². The molecule has 4 nitrogen and oxygen atoms in total. The van der Waals surface area contributed by atoms with Crippen LogP contribution in [0.3, 0.4) is 0 Å². The molecule has 0 bridgehead atoms. The standard InChI is InChI=1S/C15H20ClNO3S/c1-11-10-20-13(9-18)8-17(11)15(19)6-7-21-14-4-2-12(16)3-5-14/h2-5,11,13,18H,6-10H2,1H3. The molecular weight excluding hydrogens is 310 g/mol. The Bertz CT molecular complexity index is 468. The summed E-state index contributed by atoms with van der Waals surface area (Å²) >= 11 is 7.48. The van der Waals surface area contributed by atoms with Crippen molar-refractivity contribution >= 4 is 29.3 Å². The van der Waals surface area contributed by atoms with E-state index in [1.54, 1.807) is 11.8 Å². The number of aliphatic hydroxyl groups is 1. The van der Waals surface area contributed by atoms with Gasteiger partial charge in [0.05, 0.1) is 25.4 Å². The first-order chi connectivity index (χ1) is 10.1. The third-order valence-electron chi connectivity index (χ3n) is 3.43. The molecule has 1 aliphatic heterocycles. The minimum atomic E-state index is -0.255. The Balaban J connectivity index is 1.79. The maximum Gasteiger partial charge on any atom is 0.223 e. The minimum absolute atomic E-state index is 0.0456. The fraction of sp³-hybridized carbons (Fsp3) is 0.533. The van der Waals surface area contributed by atoms with Gasteiger partial charge in [0.1, 0.15) is 0 Å². The van der Waals surface area contributed by atoms with Gasteiger partial charge in [-0.3, -0.25) is 4.79 Å². The largest absolute Gasteiger partial charge is 0.394 e. The molecular formula is C15H20ClNO3S. The van der Waals surface area contributed by atoms with Crippen LogP contribution in [0.5, 0.6) is 0 Å². The predicted molar refractivity (Wildman–Crippen MR) is 84.8 cm³/mol. The normalized spacial score (nSPS) is 22.3. The van der Waals surface area contributed by atoms with E-state index in [2.05, 4.69) is 0 Å². The molecule has 116 valence electrons. The Morgan fingerprint density at radius 3 is 2.86 bits per heavy atom. The van der Waals surface area contributed by atoms with Gasteiger partial charge in [-0.25, -0.2) is 0 Å². The van der Waals surface area contributed by atoms with Gasteiger partial charge in [0.15, 0.2) is 0 Å². The summed E-state index contributed by atoms with van der Waals surface area (Å²) in [7, 11) is 0. The van der Waals surface area contributed by atoms with Crippen LogP contribution in [0.4, 0.5) is 0 Å². The van der Waals surface area contributed by atoms with E-state index < -0.39 is 0 Å². The van der Waals surface area contributed by atoms with Crippen molar-refractivity contribution in [2.45, 2.75) is 30.4 Å².